The summed E-state index contributed by atoms with van der Waals surface area (Å²) < 4.78 is 0. The van der Waals surface area contributed by atoms with Crippen molar-refractivity contribution in [3.8, 4) is 10.6 Å². The molecule has 0 spiro atoms. The van der Waals surface area contributed by atoms with Crippen molar-refractivity contribution in [2.75, 3.05) is 6.54 Å². The van der Waals surface area contributed by atoms with Crippen LogP contribution >= 0.6 is 11.3 Å². The number of nitrogens with one attached hydrogen (secondary N) is 1. The zero-order chi connectivity index (χ0) is 14.8. The first-order chi connectivity index (χ1) is 9.41. The van der Waals surface area contributed by atoms with E-state index in [1.165, 1.54) is 5.56 Å². The predicted molar refractivity (Wildman–Crippen MR) is 86.1 cm³/mol. The van der Waals surface area contributed by atoms with Gasteiger partial charge < -0.3 is 5.32 Å². The molecule has 1 aromatic heterocycles. The first-order valence-corrected chi connectivity index (χ1v) is 7.91. The van der Waals surface area contributed by atoms with Crippen molar-refractivity contribution in [2.24, 2.45) is 0 Å². The maximum atomic E-state index is 4.31. The standard InChI is InChI=1S/C16H23N3S/c1-6-17-11(2)14-18-19-15(20-14)12-7-9-13(10-8-12)16(3,4)5/h7-11,17H,6H2,1-5H3. The summed E-state index contributed by atoms with van der Waals surface area (Å²) in [6, 6.07) is 8.92. The Hall–Kier alpha value is -1.26. The molecule has 4 heteroatoms. The van der Waals surface area contributed by atoms with Crippen LogP contribution in [0.25, 0.3) is 10.6 Å². The highest BCUT2D eigenvalue weighted by Gasteiger charge is 2.15. The second-order valence-corrected chi connectivity index (χ2v) is 7.06. The van der Waals surface area contributed by atoms with E-state index >= 15 is 0 Å². The van der Waals surface area contributed by atoms with Crippen LogP contribution in [0.2, 0.25) is 0 Å². The molecule has 2 aromatic rings. The lowest BCUT2D eigenvalue weighted by Gasteiger charge is -2.18. The molecule has 1 aromatic carbocycles. The molecular formula is C16H23N3S. The number of aromatic nitrogens is 2. The lowest BCUT2D eigenvalue weighted by atomic mass is 9.87. The van der Waals surface area contributed by atoms with Crippen molar-refractivity contribution in [1.29, 1.82) is 0 Å². The summed E-state index contributed by atoms with van der Waals surface area (Å²) in [6.45, 7) is 11.8. The fourth-order valence-electron chi connectivity index (χ4n) is 2.03. The third kappa shape index (κ3) is 3.44. The molecule has 1 heterocycles. The van der Waals surface area contributed by atoms with E-state index in [9.17, 15) is 0 Å². The van der Waals surface area contributed by atoms with Crippen molar-refractivity contribution < 1.29 is 0 Å². The summed E-state index contributed by atoms with van der Waals surface area (Å²) in [4.78, 5) is 0. The zero-order valence-corrected chi connectivity index (χ0v) is 13.7. The molecule has 1 N–H and O–H groups in total. The van der Waals surface area contributed by atoms with Gasteiger partial charge in [-0.25, -0.2) is 0 Å². The Bertz CT molecular complexity index is 552. The molecule has 20 heavy (non-hydrogen) atoms. The number of hydrogen-bond acceptors (Lipinski definition) is 4. The molecule has 108 valence electrons. The Morgan fingerprint density at radius 3 is 2.35 bits per heavy atom. The van der Waals surface area contributed by atoms with E-state index in [1.54, 1.807) is 11.3 Å². The first-order valence-electron chi connectivity index (χ1n) is 7.09. The van der Waals surface area contributed by atoms with E-state index in [-0.39, 0.29) is 11.5 Å². The topological polar surface area (TPSA) is 37.8 Å². The molecule has 0 fully saturated rings. The van der Waals surface area contributed by atoms with Crippen LogP contribution in [0.1, 0.15) is 51.2 Å². The van der Waals surface area contributed by atoms with Crippen LogP contribution in [0, 0.1) is 0 Å². The predicted octanol–water partition coefficient (Wildman–Crippen LogP) is 4.17. The van der Waals surface area contributed by atoms with E-state index < -0.39 is 0 Å². The van der Waals surface area contributed by atoms with Gasteiger partial charge in [-0.15, -0.1) is 10.2 Å². The average molecular weight is 289 g/mol. The van der Waals surface area contributed by atoms with Crippen LogP contribution in [-0.4, -0.2) is 16.7 Å². The largest absolute Gasteiger partial charge is 0.308 e. The summed E-state index contributed by atoms with van der Waals surface area (Å²) in [5.74, 6) is 0. The molecule has 0 radical (unpaired) electrons. The summed E-state index contributed by atoms with van der Waals surface area (Å²) in [5.41, 5.74) is 2.67. The lowest BCUT2D eigenvalue weighted by molar-refractivity contribution is 0.589. The highest BCUT2D eigenvalue weighted by atomic mass is 32.1. The molecule has 0 aliphatic carbocycles. The second kappa shape index (κ2) is 6.02. The van der Waals surface area contributed by atoms with Crippen molar-refractivity contribution in [3.05, 3.63) is 34.8 Å². The zero-order valence-electron chi connectivity index (χ0n) is 12.9. The van der Waals surface area contributed by atoms with E-state index in [2.05, 4.69) is 74.4 Å². The molecule has 0 saturated carbocycles. The van der Waals surface area contributed by atoms with Gasteiger partial charge in [-0.2, -0.15) is 0 Å². The van der Waals surface area contributed by atoms with E-state index in [4.69, 9.17) is 0 Å². The fraction of sp³-hybridized carbons (Fsp3) is 0.500. The van der Waals surface area contributed by atoms with Gasteiger partial charge in [0.05, 0.1) is 6.04 Å². The molecular weight excluding hydrogens is 266 g/mol. The Kier molecular flexibility index (Phi) is 4.55. The van der Waals surface area contributed by atoms with Crippen molar-refractivity contribution in [3.63, 3.8) is 0 Å². The van der Waals surface area contributed by atoms with Crippen LogP contribution in [0.5, 0.6) is 0 Å². The summed E-state index contributed by atoms with van der Waals surface area (Å²) in [7, 11) is 0. The number of hydrogen-bond donors (Lipinski definition) is 1. The highest BCUT2D eigenvalue weighted by molar-refractivity contribution is 7.14. The molecule has 3 nitrogen and oxygen atoms in total. The molecule has 0 amide bonds. The summed E-state index contributed by atoms with van der Waals surface area (Å²) >= 11 is 1.66. The molecule has 0 saturated heterocycles. The minimum Gasteiger partial charge on any atom is -0.308 e. The molecule has 0 aliphatic heterocycles. The highest BCUT2D eigenvalue weighted by Crippen LogP contribution is 2.29. The van der Waals surface area contributed by atoms with Crippen LogP contribution < -0.4 is 5.32 Å². The van der Waals surface area contributed by atoms with Gasteiger partial charge in [-0.05, 0) is 24.4 Å². The molecule has 1 unspecified atom stereocenters. The van der Waals surface area contributed by atoms with Gasteiger partial charge in [-0.3, -0.25) is 0 Å². The minimum atomic E-state index is 0.185. The maximum absolute atomic E-state index is 4.31. The maximum Gasteiger partial charge on any atom is 0.147 e. The van der Waals surface area contributed by atoms with Crippen molar-refractivity contribution in [1.82, 2.24) is 15.5 Å². The number of benzene rings is 1. The minimum absolute atomic E-state index is 0.185. The third-order valence-electron chi connectivity index (χ3n) is 3.32. The molecule has 1 atom stereocenters. The average Bonchev–Trinajstić information content (AvgIpc) is 2.88. The fourth-order valence-corrected chi connectivity index (χ4v) is 2.91. The number of nitrogens with zero attached hydrogens (tertiary/aromatic N) is 2. The van der Waals surface area contributed by atoms with Crippen LogP contribution in [-0.2, 0) is 5.41 Å². The smallest absolute Gasteiger partial charge is 0.147 e. The van der Waals surface area contributed by atoms with Gasteiger partial charge in [0, 0.05) is 5.56 Å². The SMILES string of the molecule is CCNC(C)c1nnc(-c2ccc(C(C)(C)C)cc2)s1. The van der Waals surface area contributed by atoms with Crippen LogP contribution in [0.4, 0.5) is 0 Å². The van der Waals surface area contributed by atoms with Crippen molar-refractivity contribution >= 4 is 11.3 Å². The monoisotopic (exact) mass is 289 g/mol. The third-order valence-corrected chi connectivity index (χ3v) is 4.47. The summed E-state index contributed by atoms with van der Waals surface area (Å²) in [6.07, 6.45) is 0. The van der Waals surface area contributed by atoms with Gasteiger partial charge in [-0.1, -0.05) is 63.3 Å². The van der Waals surface area contributed by atoms with E-state index in [1.807, 2.05) is 0 Å². The Labute approximate surface area is 125 Å². The van der Waals surface area contributed by atoms with Gasteiger partial charge in [0.1, 0.15) is 10.0 Å². The van der Waals surface area contributed by atoms with Crippen LogP contribution in [0.3, 0.4) is 0 Å². The molecule has 0 aliphatic rings. The van der Waals surface area contributed by atoms with Crippen molar-refractivity contribution in [2.45, 2.75) is 46.1 Å². The number of rotatable bonds is 4. The Morgan fingerprint density at radius 2 is 1.80 bits per heavy atom. The Balaban J connectivity index is 2.20. The van der Waals surface area contributed by atoms with Gasteiger partial charge >= 0.3 is 0 Å². The van der Waals surface area contributed by atoms with E-state index in [0.717, 1.165) is 22.1 Å². The lowest BCUT2D eigenvalue weighted by Crippen LogP contribution is -2.17. The van der Waals surface area contributed by atoms with E-state index in [0.29, 0.717) is 0 Å². The second-order valence-electron chi connectivity index (χ2n) is 6.05. The quantitative estimate of drug-likeness (QED) is 0.918. The normalized spacial score (nSPS) is 13.4. The Morgan fingerprint density at radius 1 is 1.15 bits per heavy atom. The van der Waals surface area contributed by atoms with Crippen LogP contribution in [0.15, 0.2) is 24.3 Å². The molecule has 2 rings (SSSR count). The van der Waals surface area contributed by atoms with Gasteiger partial charge in [0.15, 0.2) is 0 Å². The summed E-state index contributed by atoms with van der Waals surface area (Å²) in [5, 5.41) is 14.0. The van der Waals surface area contributed by atoms with Gasteiger partial charge in [0.25, 0.3) is 0 Å². The first kappa shape index (κ1) is 15.1. The van der Waals surface area contributed by atoms with Gasteiger partial charge in [0.2, 0.25) is 0 Å². The molecule has 0 bridgehead atoms.